The summed E-state index contributed by atoms with van der Waals surface area (Å²) in [7, 11) is 0. The molecule has 3 aromatic rings. The van der Waals surface area contributed by atoms with Gasteiger partial charge in [0.15, 0.2) is 0 Å². The van der Waals surface area contributed by atoms with Gasteiger partial charge >= 0.3 is 12.1 Å². The Morgan fingerprint density at radius 1 is 1.06 bits per heavy atom. The lowest BCUT2D eigenvalue weighted by Gasteiger charge is -2.38. The number of aliphatic carboxylic acids is 1. The van der Waals surface area contributed by atoms with Crippen LogP contribution in [0.15, 0.2) is 65.1 Å². The van der Waals surface area contributed by atoms with E-state index in [1.54, 1.807) is 12.1 Å². The maximum absolute atomic E-state index is 12.9. The molecule has 2 amide bonds. The Hall–Kier alpha value is -3.65. The molecule has 1 atom stereocenters. The predicted octanol–water partition coefficient (Wildman–Crippen LogP) is 5.42. The summed E-state index contributed by atoms with van der Waals surface area (Å²) in [6.45, 7) is 2.36. The molecular formula is C27H23BrN2O5. The molecule has 3 aromatic carbocycles. The minimum absolute atomic E-state index is 0.0596. The van der Waals surface area contributed by atoms with Gasteiger partial charge in [-0.2, -0.15) is 0 Å². The number of hydrogen-bond acceptors (Lipinski definition) is 4. The highest BCUT2D eigenvalue weighted by Gasteiger charge is 2.38. The third kappa shape index (κ3) is 4.18. The number of anilines is 1. The molecule has 2 aliphatic rings. The van der Waals surface area contributed by atoms with Gasteiger partial charge < -0.3 is 14.7 Å². The van der Waals surface area contributed by atoms with E-state index < -0.39 is 24.0 Å². The number of nitrogens with zero attached hydrogens (tertiary/aromatic N) is 1. The SMILES string of the molecule is Cc1cc(Br)c(C(=O)N2CCC2C(=O)O)cc1NC(=O)OCC1c2ccccc2-c2ccccc21. The summed E-state index contributed by atoms with van der Waals surface area (Å²) >= 11 is 3.39. The van der Waals surface area contributed by atoms with Gasteiger partial charge in [0.2, 0.25) is 0 Å². The van der Waals surface area contributed by atoms with E-state index in [1.807, 2.05) is 31.2 Å². The van der Waals surface area contributed by atoms with Crippen LogP contribution >= 0.6 is 15.9 Å². The number of carbonyl (C=O) groups excluding carboxylic acids is 2. The zero-order valence-electron chi connectivity index (χ0n) is 19.0. The van der Waals surface area contributed by atoms with Crippen molar-refractivity contribution in [2.24, 2.45) is 0 Å². The van der Waals surface area contributed by atoms with Crippen molar-refractivity contribution in [1.29, 1.82) is 0 Å². The number of benzene rings is 3. The van der Waals surface area contributed by atoms with Crippen molar-refractivity contribution in [2.45, 2.75) is 25.3 Å². The van der Waals surface area contributed by atoms with Crippen LogP contribution in [0.4, 0.5) is 10.5 Å². The predicted molar refractivity (Wildman–Crippen MR) is 135 cm³/mol. The Bertz CT molecular complexity index is 1310. The number of rotatable bonds is 5. The summed E-state index contributed by atoms with van der Waals surface area (Å²) in [6, 6.07) is 18.7. The number of amides is 2. The lowest BCUT2D eigenvalue weighted by atomic mass is 9.98. The molecule has 1 unspecified atom stereocenters. The first-order valence-electron chi connectivity index (χ1n) is 11.3. The van der Waals surface area contributed by atoms with E-state index in [0.717, 1.165) is 27.8 Å². The number of nitrogens with one attached hydrogen (secondary N) is 1. The molecule has 2 N–H and O–H groups in total. The van der Waals surface area contributed by atoms with Gasteiger partial charge in [0, 0.05) is 22.6 Å². The van der Waals surface area contributed by atoms with Crippen LogP contribution < -0.4 is 5.32 Å². The van der Waals surface area contributed by atoms with E-state index in [1.165, 1.54) is 4.90 Å². The van der Waals surface area contributed by atoms with Crippen molar-refractivity contribution in [2.75, 3.05) is 18.5 Å². The van der Waals surface area contributed by atoms with Crippen LogP contribution in [0.25, 0.3) is 11.1 Å². The number of carbonyl (C=O) groups is 3. The second-order valence-corrected chi connectivity index (χ2v) is 9.59. The Balaban J connectivity index is 1.31. The van der Waals surface area contributed by atoms with E-state index >= 15 is 0 Å². The van der Waals surface area contributed by atoms with Crippen LogP contribution in [-0.2, 0) is 9.53 Å². The molecule has 0 bridgehead atoms. The number of carboxylic acid groups (broad SMARTS) is 1. The fourth-order valence-electron chi connectivity index (χ4n) is 4.76. The van der Waals surface area contributed by atoms with Gasteiger partial charge in [0.05, 0.1) is 5.56 Å². The summed E-state index contributed by atoms with van der Waals surface area (Å²) < 4.78 is 6.16. The van der Waals surface area contributed by atoms with Crippen molar-refractivity contribution in [3.8, 4) is 11.1 Å². The van der Waals surface area contributed by atoms with Crippen molar-refractivity contribution in [1.82, 2.24) is 4.90 Å². The van der Waals surface area contributed by atoms with Gasteiger partial charge in [-0.25, -0.2) is 9.59 Å². The average Bonchev–Trinajstić information content (AvgIpc) is 3.12. The molecule has 8 heteroatoms. The highest BCUT2D eigenvalue weighted by atomic mass is 79.9. The number of halogens is 1. The van der Waals surface area contributed by atoms with E-state index in [0.29, 0.717) is 23.1 Å². The van der Waals surface area contributed by atoms with Crippen LogP contribution in [0.2, 0.25) is 0 Å². The standard InChI is InChI=1S/C27H23BrN2O5/c1-15-12-22(28)20(25(31)30-11-10-24(30)26(32)33)13-23(15)29-27(34)35-14-21-18-8-4-2-6-16(18)17-7-3-5-9-19(17)21/h2-9,12-13,21,24H,10-11,14H2,1H3,(H,29,34)(H,32,33). The minimum Gasteiger partial charge on any atom is -0.480 e. The number of likely N-dealkylation sites (tertiary alicyclic amines) is 1. The number of hydrogen-bond donors (Lipinski definition) is 2. The number of aryl methyl sites for hydroxylation is 1. The normalized spacial score (nSPS) is 16.2. The fourth-order valence-corrected chi connectivity index (χ4v) is 5.39. The first-order chi connectivity index (χ1) is 16.8. The topological polar surface area (TPSA) is 95.9 Å². The molecule has 1 fully saturated rings. The van der Waals surface area contributed by atoms with E-state index in [-0.39, 0.29) is 18.1 Å². The summed E-state index contributed by atoms with van der Waals surface area (Å²) in [4.78, 5) is 38.3. The second kappa shape index (κ2) is 9.19. The molecule has 178 valence electrons. The number of fused-ring (bicyclic) bond motifs is 3. The Morgan fingerprint density at radius 2 is 1.69 bits per heavy atom. The third-order valence-corrected chi connectivity index (χ3v) is 7.35. The molecule has 0 aromatic heterocycles. The molecule has 0 radical (unpaired) electrons. The number of carboxylic acids is 1. The molecule has 5 rings (SSSR count). The van der Waals surface area contributed by atoms with Gasteiger partial charge in [-0.15, -0.1) is 0 Å². The highest BCUT2D eigenvalue weighted by molar-refractivity contribution is 9.10. The Kier molecular flexibility index (Phi) is 6.06. The van der Waals surface area contributed by atoms with Crippen LogP contribution in [0.5, 0.6) is 0 Å². The summed E-state index contributed by atoms with van der Waals surface area (Å²) in [5, 5.41) is 12.0. The van der Waals surface area contributed by atoms with Crippen LogP contribution in [0, 0.1) is 6.92 Å². The minimum atomic E-state index is -1.02. The zero-order valence-corrected chi connectivity index (χ0v) is 20.5. The van der Waals surface area contributed by atoms with Crippen molar-refractivity contribution in [3.63, 3.8) is 0 Å². The Labute approximate surface area is 210 Å². The molecule has 1 aliphatic heterocycles. The maximum Gasteiger partial charge on any atom is 0.411 e. The monoisotopic (exact) mass is 534 g/mol. The van der Waals surface area contributed by atoms with Crippen molar-refractivity contribution in [3.05, 3.63) is 87.4 Å². The van der Waals surface area contributed by atoms with Gasteiger partial charge in [-0.3, -0.25) is 10.1 Å². The zero-order chi connectivity index (χ0) is 24.7. The number of ether oxygens (including phenoxy) is 1. The first kappa shape index (κ1) is 23.1. The molecule has 35 heavy (non-hydrogen) atoms. The van der Waals surface area contributed by atoms with E-state index in [2.05, 4.69) is 45.5 Å². The average molecular weight is 535 g/mol. The smallest absolute Gasteiger partial charge is 0.411 e. The summed E-state index contributed by atoms with van der Waals surface area (Å²) in [5.74, 6) is -1.48. The van der Waals surface area contributed by atoms with E-state index in [9.17, 15) is 19.5 Å². The Morgan fingerprint density at radius 3 is 2.26 bits per heavy atom. The largest absolute Gasteiger partial charge is 0.480 e. The molecular weight excluding hydrogens is 512 g/mol. The van der Waals surface area contributed by atoms with Crippen LogP contribution in [-0.4, -0.2) is 47.2 Å². The van der Waals surface area contributed by atoms with Gasteiger partial charge in [0.25, 0.3) is 5.91 Å². The highest BCUT2D eigenvalue weighted by Crippen LogP contribution is 2.44. The summed E-state index contributed by atoms with van der Waals surface area (Å²) in [6.07, 6.45) is -0.196. The molecule has 1 aliphatic carbocycles. The lowest BCUT2D eigenvalue weighted by molar-refractivity contribution is -0.146. The van der Waals surface area contributed by atoms with Crippen molar-refractivity contribution >= 4 is 39.6 Å². The van der Waals surface area contributed by atoms with Crippen LogP contribution in [0.1, 0.15) is 39.4 Å². The summed E-state index contributed by atoms with van der Waals surface area (Å²) in [5.41, 5.74) is 6.00. The molecule has 0 spiro atoms. The molecule has 0 saturated carbocycles. The fraction of sp³-hybridized carbons (Fsp3) is 0.222. The molecule has 1 heterocycles. The maximum atomic E-state index is 12.9. The lowest BCUT2D eigenvalue weighted by Crippen LogP contribution is -2.55. The van der Waals surface area contributed by atoms with Gasteiger partial charge in [0.1, 0.15) is 12.6 Å². The molecule has 1 saturated heterocycles. The van der Waals surface area contributed by atoms with Gasteiger partial charge in [-0.05, 0) is 69.2 Å². The van der Waals surface area contributed by atoms with E-state index in [4.69, 9.17) is 4.74 Å². The first-order valence-corrected chi connectivity index (χ1v) is 12.1. The quantitative estimate of drug-likeness (QED) is 0.455. The third-order valence-electron chi connectivity index (χ3n) is 6.69. The van der Waals surface area contributed by atoms with Crippen molar-refractivity contribution < 1.29 is 24.2 Å². The van der Waals surface area contributed by atoms with Gasteiger partial charge in [-0.1, -0.05) is 48.5 Å². The van der Waals surface area contributed by atoms with Crippen LogP contribution in [0.3, 0.4) is 0 Å². The second-order valence-electron chi connectivity index (χ2n) is 8.74. The molecule has 7 nitrogen and oxygen atoms in total.